The molecule has 2 N–H and O–H groups in total. The molecule has 1 fully saturated rings. The standard InChI is InChI=1S/C17H26N2O2/c1-3-11-18-12-13-19-16(20)17(9-4-10-17)14-5-7-15(21-2)8-6-14/h5-8,18H,3-4,9-13H2,1-2H3,(H,19,20). The fraction of sp³-hybridized carbons (Fsp3) is 0.588. The Hall–Kier alpha value is -1.55. The summed E-state index contributed by atoms with van der Waals surface area (Å²) >= 11 is 0. The molecule has 1 saturated carbocycles. The average Bonchev–Trinajstić information content (AvgIpc) is 2.46. The highest BCUT2D eigenvalue weighted by Crippen LogP contribution is 2.44. The van der Waals surface area contributed by atoms with Crippen molar-refractivity contribution in [3.8, 4) is 5.75 Å². The normalized spacial score (nSPS) is 16.1. The predicted octanol–water partition coefficient (Wildman–Crippen LogP) is 2.23. The van der Waals surface area contributed by atoms with Crippen LogP contribution in [0.1, 0.15) is 38.2 Å². The summed E-state index contributed by atoms with van der Waals surface area (Å²) in [4.78, 5) is 12.6. The van der Waals surface area contributed by atoms with Crippen LogP contribution in [0.2, 0.25) is 0 Å². The van der Waals surface area contributed by atoms with Crippen molar-refractivity contribution in [2.75, 3.05) is 26.7 Å². The van der Waals surface area contributed by atoms with E-state index in [1.54, 1.807) is 7.11 Å². The van der Waals surface area contributed by atoms with Crippen LogP contribution >= 0.6 is 0 Å². The molecule has 1 aromatic carbocycles. The van der Waals surface area contributed by atoms with Crippen LogP contribution in [-0.2, 0) is 10.2 Å². The van der Waals surface area contributed by atoms with Crippen molar-refractivity contribution in [3.63, 3.8) is 0 Å². The monoisotopic (exact) mass is 290 g/mol. The Labute approximate surface area is 127 Å². The van der Waals surface area contributed by atoms with E-state index in [1.807, 2.05) is 24.3 Å². The number of amides is 1. The van der Waals surface area contributed by atoms with Gasteiger partial charge in [-0.25, -0.2) is 0 Å². The van der Waals surface area contributed by atoms with E-state index in [-0.39, 0.29) is 11.3 Å². The third kappa shape index (κ3) is 3.56. The molecular formula is C17H26N2O2. The Bertz CT molecular complexity index is 452. The second kappa shape index (κ2) is 7.46. The van der Waals surface area contributed by atoms with Gasteiger partial charge in [0, 0.05) is 13.1 Å². The van der Waals surface area contributed by atoms with Gasteiger partial charge < -0.3 is 15.4 Å². The molecule has 1 aliphatic carbocycles. The molecule has 0 heterocycles. The van der Waals surface area contributed by atoms with Crippen LogP contribution in [0, 0.1) is 0 Å². The summed E-state index contributed by atoms with van der Waals surface area (Å²) in [5.41, 5.74) is 0.783. The summed E-state index contributed by atoms with van der Waals surface area (Å²) in [5.74, 6) is 0.995. The van der Waals surface area contributed by atoms with Crippen molar-refractivity contribution in [2.45, 2.75) is 38.0 Å². The van der Waals surface area contributed by atoms with Gasteiger partial charge in [0.1, 0.15) is 5.75 Å². The van der Waals surface area contributed by atoms with Gasteiger partial charge >= 0.3 is 0 Å². The molecular weight excluding hydrogens is 264 g/mol. The lowest BCUT2D eigenvalue weighted by Crippen LogP contribution is -2.50. The van der Waals surface area contributed by atoms with Crippen LogP contribution in [0.25, 0.3) is 0 Å². The summed E-state index contributed by atoms with van der Waals surface area (Å²) in [6.07, 6.45) is 4.11. The smallest absolute Gasteiger partial charge is 0.230 e. The Morgan fingerprint density at radius 3 is 2.43 bits per heavy atom. The fourth-order valence-electron chi connectivity index (χ4n) is 2.82. The van der Waals surface area contributed by atoms with Gasteiger partial charge in [0.2, 0.25) is 5.91 Å². The number of carbonyl (C=O) groups excluding carboxylic acids is 1. The molecule has 0 aliphatic heterocycles. The van der Waals surface area contributed by atoms with Crippen LogP contribution in [0.3, 0.4) is 0 Å². The number of hydrogen-bond donors (Lipinski definition) is 2. The number of carbonyl (C=O) groups is 1. The number of hydrogen-bond acceptors (Lipinski definition) is 3. The predicted molar refractivity (Wildman–Crippen MR) is 84.7 cm³/mol. The van der Waals surface area contributed by atoms with E-state index >= 15 is 0 Å². The van der Waals surface area contributed by atoms with Crippen molar-refractivity contribution in [1.29, 1.82) is 0 Å². The molecule has 1 amide bonds. The minimum Gasteiger partial charge on any atom is -0.497 e. The highest BCUT2D eigenvalue weighted by Gasteiger charge is 2.45. The van der Waals surface area contributed by atoms with Gasteiger partial charge in [-0.1, -0.05) is 25.5 Å². The largest absolute Gasteiger partial charge is 0.497 e. The van der Waals surface area contributed by atoms with Crippen LogP contribution in [0.5, 0.6) is 5.75 Å². The summed E-state index contributed by atoms with van der Waals surface area (Å²) in [7, 11) is 1.66. The molecule has 0 unspecified atom stereocenters. The summed E-state index contributed by atoms with van der Waals surface area (Å²) in [5, 5.41) is 6.38. The topological polar surface area (TPSA) is 50.4 Å². The Balaban J connectivity index is 1.94. The van der Waals surface area contributed by atoms with Crippen molar-refractivity contribution < 1.29 is 9.53 Å². The van der Waals surface area contributed by atoms with Crippen molar-refractivity contribution in [2.24, 2.45) is 0 Å². The summed E-state index contributed by atoms with van der Waals surface area (Å²) < 4.78 is 5.19. The molecule has 0 bridgehead atoms. The number of rotatable bonds is 8. The van der Waals surface area contributed by atoms with Crippen LogP contribution in [-0.4, -0.2) is 32.7 Å². The molecule has 0 radical (unpaired) electrons. The summed E-state index contributed by atoms with van der Waals surface area (Å²) in [6.45, 7) is 4.66. The maximum absolute atomic E-state index is 12.6. The SMILES string of the molecule is CCCNCCNC(=O)C1(c2ccc(OC)cc2)CCC1. The van der Waals surface area contributed by atoms with Crippen LogP contribution in [0.15, 0.2) is 24.3 Å². The van der Waals surface area contributed by atoms with Gasteiger partial charge in [0.25, 0.3) is 0 Å². The number of methoxy groups -OCH3 is 1. The molecule has 4 nitrogen and oxygen atoms in total. The van der Waals surface area contributed by atoms with E-state index < -0.39 is 0 Å². The quantitative estimate of drug-likeness (QED) is 0.722. The fourth-order valence-corrected chi connectivity index (χ4v) is 2.82. The highest BCUT2D eigenvalue weighted by atomic mass is 16.5. The van der Waals surface area contributed by atoms with Crippen molar-refractivity contribution in [1.82, 2.24) is 10.6 Å². The van der Waals surface area contributed by atoms with E-state index in [9.17, 15) is 4.79 Å². The molecule has 1 aliphatic rings. The van der Waals surface area contributed by atoms with Gasteiger partial charge in [-0.15, -0.1) is 0 Å². The minimum absolute atomic E-state index is 0.164. The minimum atomic E-state index is -0.322. The van der Waals surface area contributed by atoms with Gasteiger partial charge in [-0.3, -0.25) is 4.79 Å². The third-order valence-electron chi connectivity index (χ3n) is 4.30. The van der Waals surface area contributed by atoms with Crippen LogP contribution < -0.4 is 15.4 Å². The van der Waals surface area contributed by atoms with E-state index in [0.29, 0.717) is 6.54 Å². The maximum Gasteiger partial charge on any atom is 0.230 e. The first-order valence-corrected chi connectivity index (χ1v) is 7.86. The molecule has 0 spiro atoms. The third-order valence-corrected chi connectivity index (χ3v) is 4.30. The molecule has 0 saturated heterocycles. The Kier molecular flexibility index (Phi) is 5.62. The first-order chi connectivity index (χ1) is 10.2. The maximum atomic E-state index is 12.6. The molecule has 1 aromatic rings. The average molecular weight is 290 g/mol. The molecule has 21 heavy (non-hydrogen) atoms. The van der Waals surface area contributed by atoms with Gasteiger partial charge in [0.05, 0.1) is 12.5 Å². The van der Waals surface area contributed by atoms with Crippen LogP contribution in [0.4, 0.5) is 0 Å². The Morgan fingerprint density at radius 2 is 1.90 bits per heavy atom. The van der Waals surface area contributed by atoms with E-state index in [0.717, 1.165) is 50.1 Å². The van der Waals surface area contributed by atoms with Gasteiger partial charge in [-0.05, 0) is 43.5 Å². The van der Waals surface area contributed by atoms with Crippen molar-refractivity contribution in [3.05, 3.63) is 29.8 Å². The lowest BCUT2D eigenvalue weighted by Gasteiger charge is -2.40. The lowest BCUT2D eigenvalue weighted by atomic mass is 9.64. The second-order valence-corrected chi connectivity index (χ2v) is 5.67. The van der Waals surface area contributed by atoms with E-state index in [2.05, 4.69) is 17.6 Å². The van der Waals surface area contributed by atoms with E-state index in [1.165, 1.54) is 0 Å². The van der Waals surface area contributed by atoms with Crippen molar-refractivity contribution >= 4 is 5.91 Å². The van der Waals surface area contributed by atoms with Gasteiger partial charge in [0.15, 0.2) is 0 Å². The van der Waals surface area contributed by atoms with E-state index in [4.69, 9.17) is 4.74 Å². The Morgan fingerprint density at radius 1 is 1.19 bits per heavy atom. The second-order valence-electron chi connectivity index (χ2n) is 5.67. The zero-order valence-electron chi connectivity index (χ0n) is 13.1. The number of ether oxygens (including phenoxy) is 1. The molecule has 4 heteroatoms. The van der Waals surface area contributed by atoms with Gasteiger partial charge in [-0.2, -0.15) is 0 Å². The zero-order chi connectivity index (χ0) is 15.1. The zero-order valence-corrected chi connectivity index (χ0v) is 13.1. The molecule has 2 rings (SSSR count). The number of benzene rings is 1. The molecule has 0 aromatic heterocycles. The summed E-state index contributed by atoms with van der Waals surface area (Å²) in [6, 6.07) is 7.91. The first-order valence-electron chi connectivity index (χ1n) is 7.86. The lowest BCUT2D eigenvalue weighted by molar-refractivity contribution is -0.129. The first kappa shape index (κ1) is 15.8. The molecule has 0 atom stereocenters. The molecule has 116 valence electrons. The highest BCUT2D eigenvalue weighted by molar-refractivity contribution is 5.89. The number of nitrogens with one attached hydrogen (secondary N) is 2.